The first kappa shape index (κ1) is 13.0. The molecule has 0 saturated carbocycles. The van der Waals surface area contributed by atoms with E-state index in [-0.39, 0.29) is 23.4 Å². The lowest BCUT2D eigenvalue weighted by Gasteiger charge is -2.09. The zero-order valence-electron chi connectivity index (χ0n) is 9.60. The summed E-state index contributed by atoms with van der Waals surface area (Å²) in [6, 6.07) is 4.29. The standard InChI is InChI=1S/C12H15NO4/c1-2-3-7-17-12(16)10-8(11(14)15)5-4-6-9(10)13/h4-6H,2-3,7,13H2,1H3,(H,14,15). The molecular formula is C12H15NO4. The molecule has 0 amide bonds. The molecule has 5 heteroatoms. The highest BCUT2D eigenvalue weighted by molar-refractivity contribution is 6.06. The molecule has 17 heavy (non-hydrogen) atoms. The molecular weight excluding hydrogens is 222 g/mol. The van der Waals surface area contributed by atoms with Gasteiger partial charge in [0.25, 0.3) is 0 Å². The maximum atomic E-state index is 11.7. The van der Waals surface area contributed by atoms with E-state index in [1.54, 1.807) is 0 Å². The number of anilines is 1. The van der Waals surface area contributed by atoms with Gasteiger partial charge in [-0.3, -0.25) is 0 Å². The van der Waals surface area contributed by atoms with Crippen LogP contribution in [-0.4, -0.2) is 23.7 Å². The molecule has 0 spiro atoms. The summed E-state index contributed by atoms with van der Waals surface area (Å²) in [4.78, 5) is 22.6. The van der Waals surface area contributed by atoms with E-state index in [0.29, 0.717) is 0 Å². The van der Waals surface area contributed by atoms with Crippen LogP contribution in [0.4, 0.5) is 5.69 Å². The fourth-order valence-corrected chi connectivity index (χ4v) is 1.36. The topological polar surface area (TPSA) is 89.6 Å². The van der Waals surface area contributed by atoms with Crippen molar-refractivity contribution in [2.24, 2.45) is 0 Å². The molecule has 0 heterocycles. The molecule has 0 aromatic heterocycles. The van der Waals surface area contributed by atoms with Gasteiger partial charge in [0.2, 0.25) is 0 Å². The van der Waals surface area contributed by atoms with Gasteiger partial charge in [0, 0.05) is 5.69 Å². The molecule has 0 saturated heterocycles. The Balaban J connectivity index is 2.95. The molecule has 0 bridgehead atoms. The molecule has 0 radical (unpaired) electrons. The van der Waals surface area contributed by atoms with Crippen molar-refractivity contribution in [3.05, 3.63) is 29.3 Å². The molecule has 1 aromatic carbocycles. The number of esters is 1. The van der Waals surface area contributed by atoms with Crippen LogP contribution in [-0.2, 0) is 4.74 Å². The summed E-state index contributed by atoms with van der Waals surface area (Å²) in [6.45, 7) is 2.23. The second-order valence-corrected chi connectivity index (χ2v) is 3.56. The molecule has 5 nitrogen and oxygen atoms in total. The van der Waals surface area contributed by atoms with Crippen molar-refractivity contribution in [3.63, 3.8) is 0 Å². The average Bonchev–Trinajstić information content (AvgIpc) is 2.28. The minimum Gasteiger partial charge on any atom is -0.478 e. The largest absolute Gasteiger partial charge is 0.478 e. The van der Waals surface area contributed by atoms with Crippen LogP contribution in [0.15, 0.2) is 18.2 Å². The number of unbranched alkanes of at least 4 members (excludes halogenated alkanes) is 1. The predicted molar refractivity (Wildman–Crippen MR) is 63.0 cm³/mol. The molecule has 1 aromatic rings. The number of aromatic carboxylic acids is 1. The Labute approximate surface area is 99.2 Å². The van der Waals surface area contributed by atoms with Gasteiger partial charge in [-0.25, -0.2) is 9.59 Å². The summed E-state index contributed by atoms with van der Waals surface area (Å²) in [5.41, 5.74) is 5.51. The van der Waals surface area contributed by atoms with Crippen LogP contribution in [0.2, 0.25) is 0 Å². The van der Waals surface area contributed by atoms with Gasteiger partial charge in [-0.05, 0) is 18.6 Å². The van der Waals surface area contributed by atoms with E-state index in [2.05, 4.69) is 0 Å². The maximum Gasteiger partial charge on any atom is 0.341 e. The van der Waals surface area contributed by atoms with Crippen LogP contribution in [0.25, 0.3) is 0 Å². The Morgan fingerprint density at radius 3 is 2.71 bits per heavy atom. The quantitative estimate of drug-likeness (QED) is 0.464. The SMILES string of the molecule is CCCCOC(=O)c1c(N)cccc1C(=O)O. The van der Waals surface area contributed by atoms with Gasteiger partial charge in [0.1, 0.15) is 0 Å². The monoisotopic (exact) mass is 237 g/mol. The first-order valence-electron chi connectivity index (χ1n) is 5.36. The highest BCUT2D eigenvalue weighted by Gasteiger charge is 2.20. The number of benzene rings is 1. The number of rotatable bonds is 5. The van der Waals surface area contributed by atoms with E-state index in [4.69, 9.17) is 15.6 Å². The number of nitrogen functional groups attached to an aromatic ring is 1. The maximum absolute atomic E-state index is 11.7. The molecule has 0 aliphatic carbocycles. The van der Waals surface area contributed by atoms with Crippen molar-refractivity contribution in [3.8, 4) is 0 Å². The van der Waals surface area contributed by atoms with Crippen LogP contribution in [0.5, 0.6) is 0 Å². The zero-order chi connectivity index (χ0) is 12.8. The van der Waals surface area contributed by atoms with Crippen LogP contribution < -0.4 is 5.73 Å². The minimum absolute atomic E-state index is 0.0731. The lowest BCUT2D eigenvalue weighted by atomic mass is 10.1. The number of carbonyl (C=O) groups is 2. The van der Waals surface area contributed by atoms with E-state index in [1.807, 2.05) is 6.92 Å². The Morgan fingerprint density at radius 2 is 2.12 bits per heavy atom. The summed E-state index contributed by atoms with van der Waals surface area (Å²) in [5.74, 6) is -1.88. The number of carbonyl (C=O) groups excluding carboxylic acids is 1. The molecule has 0 aliphatic rings. The minimum atomic E-state index is -1.19. The number of ether oxygens (including phenoxy) is 1. The van der Waals surface area contributed by atoms with E-state index in [1.165, 1.54) is 18.2 Å². The number of hydrogen-bond donors (Lipinski definition) is 2. The van der Waals surface area contributed by atoms with Crippen LogP contribution in [0, 0.1) is 0 Å². The highest BCUT2D eigenvalue weighted by atomic mass is 16.5. The molecule has 0 unspecified atom stereocenters. The highest BCUT2D eigenvalue weighted by Crippen LogP contribution is 2.18. The molecule has 1 rings (SSSR count). The first-order chi connectivity index (χ1) is 8.07. The lowest BCUT2D eigenvalue weighted by molar-refractivity contribution is 0.0490. The summed E-state index contributed by atoms with van der Waals surface area (Å²) in [5, 5.41) is 8.95. The molecule has 92 valence electrons. The second-order valence-electron chi connectivity index (χ2n) is 3.56. The Morgan fingerprint density at radius 1 is 1.41 bits per heavy atom. The number of carboxylic acid groups (broad SMARTS) is 1. The summed E-state index contributed by atoms with van der Waals surface area (Å²) in [6.07, 6.45) is 1.63. The van der Waals surface area contributed by atoms with Crippen molar-refractivity contribution in [1.29, 1.82) is 0 Å². The van der Waals surface area contributed by atoms with E-state index in [0.717, 1.165) is 12.8 Å². The fraction of sp³-hybridized carbons (Fsp3) is 0.333. The normalized spacial score (nSPS) is 9.94. The Hall–Kier alpha value is -2.04. The Kier molecular flexibility index (Phi) is 4.51. The average molecular weight is 237 g/mol. The predicted octanol–water partition coefficient (Wildman–Crippen LogP) is 1.92. The van der Waals surface area contributed by atoms with Gasteiger partial charge >= 0.3 is 11.9 Å². The molecule has 0 aliphatic heterocycles. The van der Waals surface area contributed by atoms with Crippen molar-refractivity contribution < 1.29 is 19.4 Å². The Bertz CT molecular complexity index is 429. The van der Waals surface area contributed by atoms with Gasteiger partial charge in [0.15, 0.2) is 0 Å². The third kappa shape index (κ3) is 3.21. The molecule has 0 fully saturated rings. The number of nitrogens with two attached hydrogens (primary N) is 1. The third-order valence-electron chi connectivity index (χ3n) is 2.26. The van der Waals surface area contributed by atoms with Gasteiger partial charge in [0.05, 0.1) is 17.7 Å². The lowest BCUT2D eigenvalue weighted by Crippen LogP contribution is -2.14. The van der Waals surface area contributed by atoms with Crippen LogP contribution in [0.3, 0.4) is 0 Å². The summed E-state index contributed by atoms with van der Waals surface area (Å²) >= 11 is 0. The van der Waals surface area contributed by atoms with E-state index >= 15 is 0 Å². The van der Waals surface area contributed by atoms with Gasteiger partial charge in [-0.15, -0.1) is 0 Å². The van der Waals surface area contributed by atoms with Crippen molar-refractivity contribution >= 4 is 17.6 Å². The van der Waals surface area contributed by atoms with Crippen LogP contribution >= 0.6 is 0 Å². The van der Waals surface area contributed by atoms with Crippen LogP contribution in [0.1, 0.15) is 40.5 Å². The van der Waals surface area contributed by atoms with E-state index < -0.39 is 11.9 Å². The van der Waals surface area contributed by atoms with Gasteiger partial charge in [-0.1, -0.05) is 19.4 Å². The van der Waals surface area contributed by atoms with Crippen molar-refractivity contribution in [1.82, 2.24) is 0 Å². The van der Waals surface area contributed by atoms with Gasteiger partial charge < -0.3 is 15.6 Å². The molecule has 3 N–H and O–H groups in total. The number of hydrogen-bond acceptors (Lipinski definition) is 4. The smallest absolute Gasteiger partial charge is 0.341 e. The number of carboxylic acids is 1. The zero-order valence-corrected chi connectivity index (χ0v) is 9.60. The molecule has 0 atom stereocenters. The van der Waals surface area contributed by atoms with Crippen molar-refractivity contribution in [2.45, 2.75) is 19.8 Å². The summed E-state index contributed by atoms with van der Waals surface area (Å²) < 4.78 is 4.96. The third-order valence-corrected chi connectivity index (χ3v) is 2.26. The van der Waals surface area contributed by atoms with Crippen molar-refractivity contribution in [2.75, 3.05) is 12.3 Å². The summed E-state index contributed by atoms with van der Waals surface area (Å²) in [7, 11) is 0. The fourth-order valence-electron chi connectivity index (χ4n) is 1.36. The van der Waals surface area contributed by atoms with Gasteiger partial charge in [-0.2, -0.15) is 0 Å². The second kappa shape index (κ2) is 5.89. The first-order valence-corrected chi connectivity index (χ1v) is 5.36. The van der Waals surface area contributed by atoms with E-state index in [9.17, 15) is 9.59 Å².